The zero-order valence-corrected chi connectivity index (χ0v) is 17.3. The molecule has 16 heteroatoms. The van der Waals surface area contributed by atoms with E-state index in [9.17, 15) is 52.7 Å². The van der Waals surface area contributed by atoms with Gasteiger partial charge in [0.25, 0.3) is 0 Å². The van der Waals surface area contributed by atoms with E-state index in [1.54, 1.807) is 0 Å². The number of halogens is 9. The lowest BCUT2D eigenvalue weighted by Crippen LogP contribution is -2.63. The summed E-state index contributed by atoms with van der Waals surface area (Å²) in [7, 11) is -10.4. The molecule has 1 heterocycles. The zero-order valence-electron chi connectivity index (χ0n) is 15.7. The Balaban J connectivity index is 2.37. The van der Waals surface area contributed by atoms with Crippen molar-refractivity contribution in [3.63, 3.8) is 0 Å². The van der Waals surface area contributed by atoms with Crippen LogP contribution in [0.4, 0.5) is 39.5 Å². The van der Waals surface area contributed by atoms with Gasteiger partial charge in [0, 0.05) is 17.4 Å². The van der Waals surface area contributed by atoms with Gasteiger partial charge in [0.05, 0.1) is 19.0 Å². The van der Waals surface area contributed by atoms with Crippen LogP contribution in [0.25, 0.3) is 0 Å². The van der Waals surface area contributed by atoms with Crippen molar-refractivity contribution in [1.82, 2.24) is 0 Å². The SMILES string of the molecule is O=C(CS1(OS(=O)(=O)C(F)(F)C(F)(F)C(F)(F)C(F)(F)F)CCOCC1)C1CCCC1. The normalized spacial score (nSPS) is 23.0. The molecule has 1 aliphatic heterocycles. The van der Waals surface area contributed by atoms with Crippen molar-refractivity contribution in [3.8, 4) is 0 Å². The minimum absolute atomic E-state index is 0.302. The molecule has 0 N–H and O–H groups in total. The molecule has 1 saturated heterocycles. The molecule has 0 bridgehead atoms. The average Bonchev–Trinajstić information content (AvgIpc) is 3.15. The fourth-order valence-corrected chi connectivity index (χ4v) is 8.37. The van der Waals surface area contributed by atoms with Crippen LogP contribution in [-0.4, -0.2) is 67.9 Å². The van der Waals surface area contributed by atoms with Gasteiger partial charge in [0.15, 0.2) is 0 Å². The highest BCUT2D eigenvalue weighted by atomic mass is 32.3. The predicted octanol–water partition coefficient (Wildman–Crippen LogP) is 4.27. The maximum absolute atomic E-state index is 14.0. The number of carbonyl (C=O) groups excluding carboxylic acids is 1. The lowest BCUT2D eigenvalue weighted by Gasteiger charge is -2.42. The summed E-state index contributed by atoms with van der Waals surface area (Å²) in [5, 5.41) is -6.94. The van der Waals surface area contributed by atoms with Gasteiger partial charge in [0.2, 0.25) is 0 Å². The van der Waals surface area contributed by atoms with E-state index < -0.39 is 72.7 Å². The van der Waals surface area contributed by atoms with Crippen LogP contribution in [0.3, 0.4) is 0 Å². The Morgan fingerprint density at radius 1 is 0.903 bits per heavy atom. The number of hydrogen-bond donors (Lipinski definition) is 0. The van der Waals surface area contributed by atoms with Crippen molar-refractivity contribution >= 4 is 26.2 Å². The van der Waals surface area contributed by atoms with E-state index in [0.29, 0.717) is 25.7 Å². The van der Waals surface area contributed by atoms with E-state index in [4.69, 9.17) is 4.74 Å². The Labute approximate surface area is 173 Å². The zero-order chi connectivity index (χ0) is 23.9. The molecule has 0 unspecified atom stereocenters. The van der Waals surface area contributed by atoms with Gasteiger partial charge < -0.3 is 4.74 Å². The summed E-state index contributed by atoms with van der Waals surface area (Å²) in [4.78, 5) is 12.4. The molecule has 5 nitrogen and oxygen atoms in total. The molecule has 2 aliphatic rings. The third kappa shape index (κ3) is 4.81. The van der Waals surface area contributed by atoms with E-state index in [0.717, 1.165) is 0 Å². The maximum Gasteiger partial charge on any atom is 0.460 e. The Kier molecular flexibility index (Phi) is 7.32. The second-order valence-electron chi connectivity index (χ2n) is 7.26. The number of ether oxygens (including phenoxy) is 1. The smallest absolute Gasteiger partial charge is 0.380 e. The van der Waals surface area contributed by atoms with Gasteiger partial charge >= 0.3 is 33.4 Å². The van der Waals surface area contributed by atoms with Gasteiger partial charge in [-0.2, -0.15) is 47.9 Å². The molecule has 0 atom stereocenters. The largest absolute Gasteiger partial charge is 0.460 e. The molecule has 0 spiro atoms. The molecule has 2 fully saturated rings. The number of carbonyl (C=O) groups is 1. The first kappa shape index (κ1) is 26.5. The third-order valence-corrected chi connectivity index (χ3v) is 10.5. The van der Waals surface area contributed by atoms with Crippen molar-refractivity contribution in [2.24, 2.45) is 5.92 Å². The molecule has 1 aliphatic carbocycles. The standard InChI is InChI=1S/C15H19F9O5S2/c16-12(17,14(20,21)22)13(18,19)15(23,24)31(26,27)29-30(7-5-28-6-8-30)9-11(25)10-3-1-2-4-10/h10H,1-9H2. The number of Topliss-reactive ketones (excluding diaryl/α,β-unsaturated/α-hetero) is 1. The van der Waals surface area contributed by atoms with Gasteiger partial charge in [-0.05, 0) is 12.8 Å². The van der Waals surface area contributed by atoms with E-state index >= 15 is 0 Å². The first-order valence-electron chi connectivity index (χ1n) is 8.93. The van der Waals surface area contributed by atoms with Gasteiger partial charge in [-0.25, -0.2) is 3.63 Å². The second kappa shape index (κ2) is 8.56. The molecule has 31 heavy (non-hydrogen) atoms. The fourth-order valence-electron chi connectivity index (χ4n) is 3.24. The first-order chi connectivity index (χ1) is 13.9. The van der Waals surface area contributed by atoms with E-state index in [-0.39, 0.29) is 13.2 Å². The van der Waals surface area contributed by atoms with E-state index in [1.807, 2.05) is 0 Å². The van der Waals surface area contributed by atoms with Crippen LogP contribution in [0.2, 0.25) is 0 Å². The van der Waals surface area contributed by atoms with Crippen LogP contribution in [-0.2, 0) is 23.3 Å². The van der Waals surface area contributed by atoms with Gasteiger partial charge in [-0.3, -0.25) is 4.79 Å². The van der Waals surface area contributed by atoms with Gasteiger partial charge in [-0.15, -0.1) is 10.3 Å². The summed E-state index contributed by atoms with van der Waals surface area (Å²) < 4.78 is 151. The summed E-state index contributed by atoms with van der Waals surface area (Å²) in [6.07, 6.45) is -4.94. The highest BCUT2D eigenvalue weighted by Crippen LogP contribution is 2.59. The molecule has 0 aromatic carbocycles. The summed E-state index contributed by atoms with van der Waals surface area (Å²) in [6, 6.07) is 0. The summed E-state index contributed by atoms with van der Waals surface area (Å²) >= 11 is 0. The molecular weight excluding hydrogens is 495 g/mol. The number of hydrogen-bond acceptors (Lipinski definition) is 5. The first-order valence-corrected chi connectivity index (χ1v) is 12.4. The Bertz CT molecular complexity index is 770. The summed E-state index contributed by atoms with van der Waals surface area (Å²) in [6.45, 7) is -0.604. The van der Waals surface area contributed by atoms with Crippen LogP contribution in [0, 0.1) is 5.92 Å². The molecule has 2 rings (SSSR count). The van der Waals surface area contributed by atoms with Crippen molar-refractivity contribution in [1.29, 1.82) is 0 Å². The summed E-state index contributed by atoms with van der Waals surface area (Å²) in [5.41, 5.74) is 0. The molecule has 184 valence electrons. The highest BCUT2D eigenvalue weighted by molar-refractivity contribution is 8.33. The Morgan fingerprint density at radius 2 is 1.39 bits per heavy atom. The Morgan fingerprint density at radius 3 is 1.84 bits per heavy atom. The predicted molar refractivity (Wildman–Crippen MR) is 90.9 cm³/mol. The number of rotatable bonds is 8. The minimum atomic E-state index is -7.38. The fraction of sp³-hybridized carbons (Fsp3) is 0.933. The molecule has 0 aromatic rings. The van der Waals surface area contributed by atoms with Crippen LogP contribution in [0.1, 0.15) is 25.7 Å². The van der Waals surface area contributed by atoms with Crippen molar-refractivity contribution in [3.05, 3.63) is 0 Å². The Hall–Kier alpha value is -0.740. The van der Waals surface area contributed by atoms with Crippen LogP contribution >= 0.6 is 10.3 Å². The molecule has 0 amide bonds. The van der Waals surface area contributed by atoms with E-state index in [2.05, 4.69) is 3.63 Å². The maximum atomic E-state index is 14.0. The number of ketones is 1. The molecule has 1 saturated carbocycles. The van der Waals surface area contributed by atoms with Crippen molar-refractivity contribution in [2.75, 3.05) is 30.5 Å². The second-order valence-corrected chi connectivity index (χ2v) is 12.3. The van der Waals surface area contributed by atoms with E-state index in [1.165, 1.54) is 0 Å². The molecule has 0 aromatic heterocycles. The summed E-state index contributed by atoms with van der Waals surface area (Å²) in [5.74, 6) is -17.5. The minimum Gasteiger partial charge on any atom is -0.380 e. The van der Waals surface area contributed by atoms with Crippen LogP contribution in [0.15, 0.2) is 0 Å². The molecule has 0 radical (unpaired) electrons. The average molecular weight is 514 g/mol. The van der Waals surface area contributed by atoms with Gasteiger partial charge in [-0.1, -0.05) is 12.8 Å². The lowest BCUT2D eigenvalue weighted by atomic mass is 10.0. The van der Waals surface area contributed by atoms with Gasteiger partial charge in [0.1, 0.15) is 5.78 Å². The van der Waals surface area contributed by atoms with Crippen LogP contribution < -0.4 is 0 Å². The number of alkyl halides is 9. The molecular formula is C15H19F9O5S2. The quantitative estimate of drug-likeness (QED) is 0.453. The highest BCUT2D eigenvalue weighted by Gasteiger charge is 2.86. The third-order valence-electron chi connectivity index (χ3n) is 5.08. The van der Waals surface area contributed by atoms with Crippen molar-refractivity contribution in [2.45, 2.75) is 49.0 Å². The topological polar surface area (TPSA) is 69.7 Å². The lowest BCUT2D eigenvalue weighted by molar-refractivity contribution is -0.382. The van der Waals surface area contributed by atoms with Crippen molar-refractivity contribution < 1.29 is 61.1 Å². The van der Waals surface area contributed by atoms with Crippen LogP contribution in [0.5, 0.6) is 0 Å². The monoisotopic (exact) mass is 514 g/mol.